The highest BCUT2D eigenvalue weighted by molar-refractivity contribution is 8.00. The van der Waals surface area contributed by atoms with E-state index in [1.807, 2.05) is 13.8 Å². The molecule has 10 heteroatoms. The second-order valence-electron chi connectivity index (χ2n) is 8.41. The molecule has 1 aliphatic heterocycles. The summed E-state index contributed by atoms with van der Waals surface area (Å²) in [6, 6.07) is 3.82. The maximum atomic E-state index is 14.5. The van der Waals surface area contributed by atoms with Gasteiger partial charge in [-0.3, -0.25) is 0 Å². The molecule has 4 heterocycles. The van der Waals surface area contributed by atoms with Crippen molar-refractivity contribution in [2.45, 2.75) is 54.7 Å². The van der Waals surface area contributed by atoms with Crippen LogP contribution in [0.4, 0.5) is 10.2 Å². The van der Waals surface area contributed by atoms with Gasteiger partial charge in [0.15, 0.2) is 9.50 Å². The molecule has 0 spiro atoms. The van der Waals surface area contributed by atoms with Crippen molar-refractivity contribution in [1.82, 2.24) is 25.1 Å². The second-order valence-corrected chi connectivity index (χ2v) is 10.8. The highest BCUT2D eigenvalue weighted by Gasteiger charge is 2.44. The lowest BCUT2D eigenvalue weighted by Gasteiger charge is -2.31. The molecule has 1 saturated heterocycles. The third-order valence-corrected chi connectivity index (χ3v) is 8.26. The Balaban J connectivity index is 1.56. The van der Waals surface area contributed by atoms with Crippen LogP contribution in [0, 0.1) is 18.7 Å². The molecule has 0 radical (unpaired) electrons. The zero-order valence-electron chi connectivity index (χ0n) is 17.2. The van der Waals surface area contributed by atoms with Crippen molar-refractivity contribution in [3.05, 3.63) is 28.5 Å². The molecule has 31 heavy (non-hydrogen) atoms. The zero-order chi connectivity index (χ0) is 21.3. The van der Waals surface area contributed by atoms with Crippen LogP contribution in [0.5, 0.6) is 0 Å². The molecule has 4 aromatic rings. The van der Waals surface area contributed by atoms with E-state index in [0.29, 0.717) is 17.1 Å². The minimum atomic E-state index is -0.232. The number of anilines is 1. The number of fused-ring (bicyclic) bond motifs is 5. The molecule has 1 aliphatic carbocycles. The van der Waals surface area contributed by atoms with Crippen LogP contribution in [-0.4, -0.2) is 43.8 Å². The number of aromatic nitrogens is 5. The Bertz CT molecular complexity index is 1310. The summed E-state index contributed by atoms with van der Waals surface area (Å²) in [5.74, 6) is 1.11. The first kappa shape index (κ1) is 19.4. The average molecular weight is 456 g/mol. The van der Waals surface area contributed by atoms with Crippen molar-refractivity contribution in [3.8, 4) is 0 Å². The fourth-order valence-electron chi connectivity index (χ4n) is 5.08. The molecule has 1 aromatic carbocycles. The van der Waals surface area contributed by atoms with E-state index in [9.17, 15) is 4.39 Å². The molecule has 2 aliphatic rings. The van der Waals surface area contributed by atoms with Gasteiger partial charge in [-0.05, 0) is 61.6 Å². The van der Waals surface area contributed by atoms with Crippen LogP contribution in [0.3, 0.4) is 0 Å². The Morgan fingerprint density at radius 1 is 1.29 bits per heavy atom. The molecule has 1 saturated carbocycles. The third-order valence-electron chi connectivity index (χ3n) is 6.50. The molecule has 6 rings (SSSR count). The van der Waals surface area contributed by atoms with Crippen LogP contribution < -0.4 is 10.6 Å². The predicted octanol–water partition coefficient (Wildman–Crippen LogP) is 4.05. The quantitative estimate of drug-likeness (QED) is 0.448. The van der Waals surface area contributed by atoms with Gasteiger partial charge < -0.3 is 15.6 Å². The topological polar surface area (TPSA) is 96.6 Å². The largest absolute Gasteiger partial charge is 0.353 e. The van der Waals surface area contributed by atoms with Gasteiger partial charge in [0.05, 0.1) is 10.9 Å². The summed E-state index contributed by atoms with van der Waals surface area (Å²) in [4.78, 5) is 15.6. The molecule has 3 aromatic heterocycles. The fraction of sp³-hybridized carbons (Fsp3) is 0.429. The number of H-pyrrole nitrogens is 1. The third kappa shape index (κ3) is 3.11. The molecular weight excluding hydrogens is 433 g/mol. The number of piperidine rings is 1. The van der Waals surface area contributed by atoms with E-state index in [2.05, 4.69) is 20.1 Å². The van der Waals surface area contributed by atoms with Crippen LogP contribution in [0.15, 0.2) is 21.6 Å². The van der Waals surface area contributed by atoms with Crippen LogP contribution in [-0.2, 0) is 6.42 Å². The zero-order valence-corrected chi connectivity index (χ0v) is 18.9. The maximum Gasteiger partial charge on any atom is 0.198 e. The normalized spacial score (nSPS) is 23.0. The first-order valence-electron chi connectivity index (χ1n) is 10.5. The number of aryl methyl sites for hydroxylation is 2. The Morgan fingerprint density at radius 2 is 2.16 bits per heavy atom. The number of rotatable bonds is 4. The highest BCUT2D eigenvalue weighted by Crippen LogP contribution is 2.44. The van der Waals surface area contributed by atoms with Gasteiger partial charge in [-0.15, -0.1) is 10.2 Å². The van der Waals surface area contributed by atoms with Crippen LogP contribution in [0.2, 0.25) is 0 Å². The van der Waals surface area contributed by atoms with E-state index in [-0.39, 0.29) is 11.9 Å². The molecule has 0 unspecified atom stereocenters. The summed E-state index contributed by atoms with van der Waals surface area (Å²) < 4.78 is 15.3. The Hall–Kier alpha value is -2.30. The number of nitrogens with two attached hydrogens (primary N) is 1. The number of hydrogen-bond donors (Lipinski definition) is 2. The first-order chi connectivity index (χ1) is 15.0. The van der Waals surface area contributed by atoms with Gasteiger partial charge in [-0.1, -0.05) is 18.3 Å². The smallest absolute Gasteiger partial charge is 0.198 e. The van der Waals surface area contributed by atoms with Gasteiger partial charge >= 0.3 is 0 Å². The van der Waals surface area contributed by atoms with E-state index < -0.39 is 0 Å². The molecule has 0 amide bonds. The van der Waals surface area contributed by atoms with E-state index in [1.54, 1.807) is 12.1 Å². The Kier molecular flexibility index (Phi) is 4.45. The maximum absolute atomic E-state index is 14.5. The lowest BCUT2D eigenvalue weighted by atomic mass is 10.0. The molecule has 7 nitrogen and oxygen atoms in total. The molecule has 3 N–H and O–H groups in total. The Morgan fingerprint density at radius 3 is 2.84 bits per heavy atom. The predicted molar refractivity (Wildman–Crippen MR) is 121 cm³/mol. The van der Waals surface area contributed by atoms with Crippen molar-refractivity contribution in [2.24, 2.45) is 11.7 Å². The number of halogens is 1. The van der Waals surface area contributed by atoms with E-state index in [1.165, 1.54) is 23.1 Å². The van der Waals surface area contributed by atoms with Gasteiger partial charge in [0.1, 0.15) is 22.3 Å². The van der Waals surface area contributed by atoms with Crippen molar-refractivity contribution in [1.29, 1.82) is 0 Å². The number of aromatic amines is 1. The molecular formula is C21H22FN7S2. The molecule has 160 valence electrons. The monoisotopic (exact) mass is 455 g/mol. The van der Waals surface area contributed by atoms with Crippen LogP contribution in [0.25, 0.3) is 21.9 Å². The second kappa shape index (κ2) is 7.11. The Labute approximate surface area is 186 Å². The molecule has 2 fully saturated rings. The lowest BCUT2D eigenvalue weighted by molar-refractivity contribution is 0.471. The lowest BCUT2D eigenvalue weighted by Crippen LogP contribution is -2.41. The standard InChI is InChI=1S/C21H22FN7S2/c1-3-10-4-12(22)6-14-16-18(24-17(10)14)25-20(31-21-28-27-9(2)30-21)26-19(16)29-8-11-5-13(29)7-15(11)23/h4,6,11,13,15H,3,5,7-8,23H2,1-2H3,(H,24,25,26)/t11-,13-,15-/m1/s1. The summed E-state index contributed by atoms with van der Waals surface area (Å²) in [7, 11) is 0. The van der Waals surface area contributed by atoms with E-state index in [0.717, 1.165) is 68.5 Å². The summed E-state index contributed by atoms with van der Waals surface area (Å²) in [5.41, 5.74) is 8.91. The minimum Gasteiger partial charge on any atom is -0.353 e. The van der Waals surface area contributed by atoms with E-state index in [4.69, 9.17) is 15.7 Å². The van der Waals surface area contributed by atoms with Crippen molar-refractivity contribution >= 4 is 50.9 Å². The minimum absolute atomic E-state index is 0.232. The van der Waals surface area contributed by atoms with Crippen LogP contribution >= 0.6 is 23.1 Å². The number of nitrogens with one attached hydrogen (secondary N) is 1. The highest BCUT2D eigenvalue weighted by atomic mass is 32.2. The molecule has 3 atom stereocenters. The van der Waals surface area contributed by atoms with Gasteiger partial charge in [0, 0.05) is 24.0 Å². The number of benzene rings is 1. The number of hydrogen-bond acceptors (Lipinski definition) is 8. The van der Waals surface area contributed by atoms with Gasteiger partial charge in [0.2, 0.25) is 0 Å². The summed E-state index contributed by atoms with van der Waals surface area (Å²) in [5, 5.41) is 11.6. The van der Waals surface area contributed by atoms with Crippen molar-refractivity contribution in [3.63, 3.8) is 0 Å². The van der Waals surface area contributed by atoms with Gasteiger partial charge in [-0.25, -0.2) is 14.4 Å². The van der Waals surface area contributed by atoms with Crippen molar-refractivity contribution in [2.75, 3.05) is 11.4 Å². The van der Waals surface area contributed by atoms with E-state index >= 15 is 0 Å². The average Bonchev–Trinajstić information content (AvgIpc) is 3.50. The summed E-state index contributed by atoms with van der Waals surface area (Å²) in [6.45, 7) is 4.84. The number of nitrogens with zero attached hydrogens (tertiary/aromatic N) is 5. The van der Waals surface area contributed by atoms with Gasteiger partial charge in [-0.2, -0.15) is 0 Å². The summed E-state index contributed by atoms with van der Waals surface area (Å²) >= 11 is 2.94. The van der Waals surface area contributed by atoms with Crippen molar-refractivity contribution < 1.29 is 4.39 Å². The van der Waals surface area contributed by atoms with Crippen LogP contribution in [0.1, 0.15) is 30.3 Å². The first-order valence-corrected chi connectivity index (χ1v) is 12.2. The summed E-state index contributed by atoms with van der Waals surface area (Å²) in [6.07, 6.45) is 2.78. The van der Waals surface area contributed by atoms with Gasteiger partial charge in [0.25, 0.3) is 0 Å². The molecule has 2 bridgehead atoms. The fourth-order valence-corrected chi connectivity index (χ4v) is 6.75. The SMILES string of the molecule is CCc1cc(F)cc2c1[nH]c1nc(Sc3nnc(C)s3)nc(N3C[C@H]4C[C@@H]3C[C@H]4N)c12.